The summed E-state index contributed by atoms with van der Waals surface area (Å²) in [5, 5.41) is 6.69. The van der Waals surface area contributed by atoms with Crippen LogP contribution in [0, 0.1) is 6.92 Å². The van der Waals surface area contributed by atoms with Gasteiger partial charge in [0.05, 0.1) is 11.9 Å². The molecule has 90 valence electrons. The van der Waals surface area contributed by atoms with Crippen LogP contribution in [-0.2, 0) is 6.42 Å². The van der Waals surface area contributed by atoms with Gasteiger partial charge in [0.15, 0.2) is 0 Å². The number of para-hydroxylation sites is 1. The lowest BCUT2D eigenvalue weighted by molar-refractivity contribution is 0.896. The minimum atomic E-state index is 0.974. The second-order valence-electron chi connectivity index (χ2n) is 4.60. The molecule has 0 N–H and O–H groups in total. The summed E-state index contributed by atoms with van der Waals surface area (Å²) < 4.78 is 0. The lowest BCUT2D eigenvalue weighted by Gasteiger charge is -2.12. The van der Waals surface area contributed by atoms with E-state index in [0.29, 0.717) is 0 Å². The van der Waals surface area contributed by atoms with E-state index in [1.165, 1.54) is 22.4 Å². The van der Waals surface area contributed by atoms with Gasteiger partial charge in [-0.2, -0.15) is 5.10 Å². The molecule has 0 aliphatic carbocycles. The molecule has 0 fully saturated rings. The van der Waals surface area contributed by atoms with Crippen molar-refractivity contribution in [3.8, 4) is 0 Å². The third kappa shape index (κ3) is 2.02. The highest BCUT2D eigenvalue weighted by Gasteiger charge is 2.16. The lowest BCUT2D eigenvalue weighted by atomic mass is 10.1. The van der Waals surface area contributed by atoms with Gasteiger partial charge in [-0.15, -0.1) is 0 Å². The quantitative estimate of drug-likeness (QED) is 0.730. The van der Waals surface area contributed by atoms with Crippen molar-refractivity contribution >= 4 is 11.9 Å². The molecular weight excluding hydrogens is 220 g/mol. The largest absolute Gasteiger partial charge is 0.265 e. The lowest BCUT2D eigenvalue weighted by Crippen LogP contribution is -2.12. The maximum absolute atomic E-state index is 4.60. The van der Waals surface area contributed by atoms with E-state index in [2.05, 4.69) is 59.5 Å². The second-order valence-corrected chi connectivity index (χ2v) is 4.60. The van der Waals surface area contributed by atoms with Crippen molar-refractivity contribution in [1.29, 1.82) is 0 Å². The van der Waals surface area contributed by atoms with Crippen LogP contribution in [0.1, 0.15) is 16.7 Å². The Bertz CT molecular complexity index is 587. The van der Waals surface area contributed by atoms with E-state index in [0.717, 1.165) is 13.0 Å². The molecule has 2 aromatic carbocycles. The van der Waals surface area contributed by atoms with Gasteiger partial charge in [0.1, 0.15) is 0 Å². The average molecular weight is 236 g/mol. The van der Waals surface area contributed by atoms with Gasteiger partial charge >= 0.3 is 0 Å². The molecule has 0 radical (unpaired) electrons. The van der Waals surface area contributed by atoms with E-state index in [4.69, 9.17) is 0 Å². The number of aryl methyl sites for hydroxylation is 1. The summed E-state index contributed by atoms with van der Waals surface area (Å²) in [6.07, 6.45) is 3.04. The Morgan fingerprint density at radius 3 is 2.72 bits per heavy atom. The molecule has 1 heterocycles. The highest BCUT2D eigenvalue weighted by Crippen LogP contribution is 2.27. The summed E-state index contributed by atoms with van der Waals surface area (Å²) >= 11 is 0. The van der Waals surface area contributed by atoms with Crippen molar-refractivity contribution in [2.24, 2.45) is 5.10 Å². The maximum atomic E-state index is 4.60. The van der Waals surface area contributed by atoms with Crippen molar-refractivity contribution in [3.63, 3.8) is 0 Å². The number of hydrogen-bond acceptors (Lipinski definition) is 2. The SMILES string of the molecule is Cc1ccccc1C=NN1CCc2ccccc21. The standard InChI is InChI=1S/C16H16N2/c1-13-6-2-3-8-15(13)12-17-18-11-10-14-7-4-5-9-16(14)18/h2-9,12H,10-11H2,1H3. The van der Waals surface area contributed by atoms with Gasteiger partial charge in [-0.3, -0.25) is 5.01 Å². The molecule has 0 aromatic heterocycles. The topological polar surface area (TPSA) is 15.6 Å². The van der Waals surface area contributed by atoms with Gasteiger partial charge < -0.3 is 0 Å². The zero-order valence-electron chi connectivity index (χ0n) is 10.5. The van der Waals surface area contributed by atoms with Crippen LogP contribution in [0.5, 0.6) is 0 Å². The molecule has 0 unspecified atom stereocenters. The zero-order chi connectivity index (χ0) is 12.4. The second kappa shape index (κ2) is 4.65. The minimum Gasteiger partial charge on any atom is -0.265 e. The molecule has 0 saturated heterocycles. The number of anilines is 1. The predicted molar refractivity (Wildman–Crippen MR) is 76.3 cm³/mol. The molecule has 2 nitrogen and oxygen atoms in total. The normalized spacial score (nSPS) is 14.2. The summed E-state index contributed by atoms with van der Waals surface area (Å²) in [6.45, 7) is 3.08. The highest BCUT2D eigenvalue weighted by atomic mass is 15.5. The van der Waals surface area contributed by atoms with Crippen molar-refractivity contribution in [2.75, 3.05) is 11.6 Å². The van der Waals surface area contributed by atoms with Gasteiger partial charge in [-0.1, -0.05) is 42.5 Å². The molecule has 3 rings (SSSR count). The predicted octanol–water partition coefficient (Wildman–Crippen LogP) is 3.39. The van der Waals surface area contributed by atoms with E-state index < -0.39 is 0 Å². The van der Waals surface area contributed by atoms with Crippen molar-refractivity contribution in [1.82, 2.24) is 0 Å². The number of fused-ring (bicyclic) bond motifs is 1. The van der Waals surface area contributed by atoms with Crippen LogP contribution in [0.3, 0.4) is 0 Å². The molecule has 2 heteroatoms. The van der Waals surface area contributed by atoms with Crippen molar-refractivity contribution in [3.05, 3.63) is 65.2 Å². The van der Waals surface area contributed by atoms with E-state index in [1.807, 2.05) is 12.3 Å². The summed E-state index contributed by atoms with van der Waals surface area (Å²) in [6, 6.07) is 16.8. The van der Waals surface area contributed by atoms with Crippen LogP contribution < -0.4 is 5.01 Å². The first-order chi connectivity index (χ1) is 8.84. The number of hydrogen-bond donors (Lipinski definition) is 0. The highest BCUT2D eigenvalue weighted by molar-refractivity contribution is 5.82. The van der Waals surface area contributed by atoms with Crippen LogP contribution in [0.25, 0.3) is 0 Å². The Morgan fingerprint density at radius 1 is 1.06 bits per heavy atom. The first kappa shape index (κ1) is 11.0. The first-order valence-electron chi connectivity index (χ1n) is 6.29. The molecule has 18 heavy (non-hydrogen) atoms. The summed E-state index contributed by atoms with van der Waals surface area (Å²) in [4.78, 5) is 0. The van der Waals surface area contributed by atoms with Crippen molar-refractivity contribution in [2.45, 2.75) is 13.3 Å². The molecule has 1 aliphatic rings. The Morgan fingerprint density at radius 2 is 1.83 bits per heavy atom. The van der Waals surface area contributed by atoms with Gasteiger partial charge in [0, 0.05) is 6.54 Å². The Balaban J connectivity index is 1.85. The van der Waals surface area contributed by atoms with E-state index in [1.54, 1.807) is 0 Å². The Hall–Kier alpha value is -2.09. The first-order valence-corrected chi connectivity index (χ1v) is 6.29. The van der Waals surface area contributed by atoms with E-state index in [9.17, 15) is 0 Å². The molecule has 0 atom stereocenters. The summed E-state index contributed by atoms with van der Waals surface area (Å²) in [7, 11) is 0. The van der Waals surface area contributed by atoms with E-state index >= 15 is 0 Å². The molecular formula is C16H16N2. The average Bonchev–Trinajstić information content (AvgIpc) is 2.81. The fraction of sp³-hybridized carbons (Fsp3) is 0.188. The summed E-state index contributed by atoms with van der Waals surface area (Å²) in [5.74, 6) is 0. The molecule has 0 spiro atoms. The van der Waals surface area contributed by atoms with Gasteiger partial charge in [0.2, 0.25) is 0 Å². The maximum Gasteiger partial charge on any atom is 0.0626 e. The van der Waals surface area contributed by atoms with Gasteiger partial charge in [-0.05, 0) is 36.1 Å². The third-order valence-electron chi connectivity index (χ3n) is 3.39. The van der Waals surface area contributed by atoms with Gasteiger partial charge in [0.25, 0.3) is 0 Å². The fourth-order valence-electron chi connectivity index (χ4n) is 2.30. The number of hydrazone groups is 1. The molecule has 0 saturated carbocycles. The minimum absolute atomic E-state index is 0.974. The zero-order valence-corrected chi connectivity index (χ0v) is 10.5. The monoisotopic (exact) mass is 236 g/mol. The fourth-order valence-corrected chi connectivity index (χ4v) is 2.30. The molecule has 0 amide bonds. The molecule has 0 bridgehead atoms. The smallest absolute Gasteiger partial charge is 0.0626 e. The third-order valence-corrected chi connectivity index (χ3v) is 3.39. The van der Waals surface area contributed by atoms with Crippen LogP contribution in [0.2, 0.25) is 0 Å². The molecule has 1 aliphatic heterocycles. The van der Waals surface area contributed by atoms with E-state index in [-0.39, 0.29) is 0 Å². The van der Waals surface area contributed by atoms with Crippen molar-refractivity contribution < 1.29 is 0 Å². The summed E-state index contributed by atoms with van der Waals surface area (Å²) in [5.41, 5.74) is 5.07. The van der Waals surface area contributed by atoms with Crippen LogP contribution in [-0.4, -0.2) is 12.8 Å². The van der Waals surface area contributed by atoms with Gasteiger partial charge in [-0.25, -0.2) is 0 Å². The number of rotatable bonds is 2. The Kier molecular flexibility index (Phi) is 2.85. The number of nitrogens with zero attached hydrogens (tertiary/aromatic N) is 2. The Labute approximate surface area is 108 Å². The van der Waals surface area contributed by atoms with Crippen LogP contribution >= 0.6 is 0 Å². The molecule has 2 aromatic rings. The van der Waals surface area contributed by atoms with Crippen LogP contribution in [0.4, 0.5) is 5.69 Å². The number of benzene rings is 2. The van der Waals surface area contributed by atoms with Crippen LogP contribution in [0.15, 0.2) is 53.6 Å².